The molecule has 0 unspecified atom stereocenters. The topological polar surface area (TPSA) is 29.0 Å². The highest BCUT2D eigenvalue weighted by Crippen LogP contribution is 2.10. The lowest BCUT2D eigenvalue weighted by molar-refractivity contribution is 0.564. The SMILES string of the molecule is C/C=C(\C=C/N(C)C)c1ncc(C)cn1. The van der Waals surface area contributed by atoms with Crippen LogP contribution in [0, 0.1) is 6.92 Å². The third-order valence-corrected chi connectivity index (χ3v) is 1.90. The van der Waals surface area contributed by atoms with Crippen molar-refractivity contribution in [1.29, 1.82) is 0 Å². The molecule has 0 bridgehead atoms. The van der Waals surface area contributed by atoms with E-state index in [0.717, 1.165) is 17.0 Å². The summed E-state index contributed by atoms with van der Waals surface area (Å²) >= 11 is 0. The predicted octanol–water partition coefficient (Wildman–Crippen LogP) is 2.26. The van der Waals surface area contributed by atoms with Crippen LogP contribution in [0.2, 0.25) is 0 Å². The largest absolute Gasteiger partial charge is 0.383 e. The molecule has 15 heavy (non-hydrogen) atoms. The molecule has 0 saturated carbocycles. The Labute approximate surface area is 91.2 Å². The minimum absolute atomic E-state index is 0.765. The summed E-state index contributed by atoms with van der Waals surface area (Å²) in [6.07, 6.45) is 9.65. The van der Waals surface area contributed by atoms with E-state index in [1.54, 1.807) is 0 Å². The van der Waals surface area contributed by atoms with Crippen LogP contribution in [0.4, 0.5) is 0 Å². The van der Waals surface area contributed by atoms with Crippen molar-refractivity contribution in [3.63, 3.8) is 0 Å². The van der Waals surface area contributed by atoms with Gasteiger partial charge in [0.25, 0.3) is 0 Å². The first-order valence-corrected chi connectivity index (χ1v) is 4.93. The Balaban J connectivity index is 2.89. The molecule has 0 spiro atoms. The normalized spacial score (nSPS) is 12.1. The first kappa shape index (κ1) is 11.4. The second-order valence-electron chi connectivity index (χ2n) is 3.61. The first-order valence-electron chi connectivity index (χ1n) is 4.93. The van der Waals surface area contributed by atoms with Crippen LogP contribution in [-0.2, 0) is 0 Å². The molecule has 0 aliphatic rings. The lowest BCUT2D eigenvalue weighted by Gasteiger charge is -2.05. The Morgan fingerprint density at radius 3 is 2.33 bits per heavy atom. The Kier molecular flexibility index (Phi) is 4.03. The zero-order chi connectivity index (χ0) is 11.3. The maximum absolute atomic E-state index is 4.28. The third kappa shape index (κ3) is 3.54. The number of allylic oxidation sites excluding steroid dienone is 3. The second kappa shape index (κ2) is 5.29. The highest BCUT2D eigenvalue weighted by atomic mass is 15.0. The van der Waals surface area contributed by atoms with Crippen molar-refractivity contribution in [1.82, 2.24) is 14.9 Å². The lowest BCUT2D eigenvalue weighted by atomic mass is 10.2. The van der Waals surface area contributed by atoms with Crippen molar-refractivity contribution < 1.29 is 0 Å². The standard InChI is InChI=1S/C12H17N3/c1-5-11(6-7-15(3)4)12-13-8-10(2)9-14-12/h5-9H,1-4H3/b7-6-,11-5+. The number of aromatic nitrogens is 2. The molecule has 80 valence electrons. The van der Waals surface area contributed by atoms with Crippen LogP contribution in [0.15, 0.2) is 30.7 Å². The van der Waals surface area contributed by atoms with E-state index in [1.807, 2.05) is 63.6 Å². The summed E-state index contributed by atoms with van der Waals surface area (Å²) < 4.78 is 0. The molecule has 3 heteroatoms. The molecule has 0 saturated heterocycles. The Hall–Kier alpha value is -1.64. The van der Waals surface area contributed by atoms with Gasteiger partial charge >= 0.3 is 0 Å². The van der Waals surface area contributed by atoms with Gasteiger partial charge in [-0.25, -0.2) is 9.97 Å². The Morgan fingerprint density at radius 1 is 1.27 bits per heavy atom. The number of hydrogen-bond donors (Lipinski definition) is 0. The van der Waals surface area contributed by atoms with Gasteiger partial charge in [0.15, 0.2) is 5.82 Å². The van der Waals surface area contributed by atoms with E-state index in [1.165, 1.54) is 0 Å². The number of rotatable bonds is 3. The number of nitrogens with zero attached hydrogens (tertiary/aromatic N) is 3. The van der Waals surface area contributed by atoms with Crippen LogP contribution in [0.5, 0.6) is 0 Å². The summed E-state index contributed by atoms with van der Waals surface area (Å²) in [4.78, 5) is 10.5. The molecule has 1 heterocycles. The van der Waals surface area contributed by atoms with Gasteiger partial charge in [0, 0.05) is 32.1 Å². The molecule has 0 radical (unpaired) electrons. The zero-order valence-electron chi connectivity index (χ0n) is 9.73. The van der Waals surface area contributed by atoms with Gasteiger partial charge in [0.1, 0.15) is 0 Å². The van der Waals surface area contributed by atoms with Crippen molar-refractivity contribution in [2.45, 2.75) is 13.8 Å². The monoisotopic (exact) mass is 203 g/mol. The van der Waals surface area contributed by atoms with Gasteiger partial charge < -0.3 is 4.90 Å². The van der Waals surface area contributed by atoms with Crippen molar-refractivity contribution in [2.75, 3.05) is 14.1 Å². The first-order chi connectivity index (χ1) is 7.13. The molecule has 0 aliphatic carbocycles. The van der Waals surface area contributed by atoms with Crippen LogP contribution < -0.4 is 0 Å². The van der Waals surface area contributed by atoms with E-state index in [9.17, 15) is 0 Å². The average Bonchev–Trinajstić information content (AvgIpc) is 2.21. The molecule has 0 amide bonds. The summed E-state index contributed by atoms with van der Waals surface area (Å²) in [6, 6.07) is 0. The average molecular weight is 203 g/mol. The summed E-state index contributed by atoms with van der Waals surface area (Å²) in [6.45, 7) is 3.97. The molecule has 0 atom stereocenters. The second-order valence-corrected chi connectivity index (χ2v) is 3.61. The smallest absolute Gasteiger partial charge is 0.158 e. The summed E-state index contributed by atoms with van der Waals surface area (Å²) in [5, 5.41) is 0. The molecule has 3 nitrogen and oxygen atoms in total. The van der Waals surface area contributed by atoms with E-state index in [4.69, 9.17) is 0 Å². The van der Waals surface area contributed by atoms with Crippen molar-refractivity contribution in [3.05, 3.63) is 42.1 Å². The van der Waals surface area contributed by atoms with Gasteiger partial charge in [-0.15, -0.1) is 0 Å². The van der Waals surface area contributed by atoms with Crippen LogP contribution >= 0.6 is 0 Å². The minimum atomic E-state index is 0.765. The fourth-order valence-electron chi connectivity index (χ4n) is 1.07. The van der Waals surface area contributed by atoms with Gasteiger partial charge in [-0.2, -0.15) is 0 Å². The maximum atomic E-state index is 4.28. The van der Waals surface area contributed by atoms with Gasteiger partial charge in [0.2, 0.25) is 0 Å². The molecule has 0 aromatic carbocycles. The fraction of sp³-hybridized carbons (Fsp3) is 0.333. The van der Waals surface area contributed by atoms with Gasteiger partial charge in [0.05, 0.1) is 0 Å². The van der Waals surface area contributed by atoms with Crippen molar-refractivity contribution in [2.24, 2.45) is 0 Å². The molecule has 1 aromatic heterocycles. The van der Waals surface area contributed by atoms with Crippen molar-refractivity contribution in [3.8, 4) is 0 Å². The third-order valence-electron chi connectivity index (χ3n) is 1.90. The molecule has 0 aliphatic heterocycles. The summed E-state index contributed by atoms with van der Waals surface area (Å²) in [5.74, 6) is 0.765. The van der Waals surface area contributed by atoms with Crippen LogP contribution in [0.3, 0.4) is 0 Å². The van der Waals surface area contributed by atoms with E-state index in [2.05, 4.69) is 9.97 Å². The maximum Gasteiger partial charge on any atom is 0.158 e. The Bertz CT molecular complexity index is 361. The summed E-state index contributed by atoms with van der Waals surface area (Å²) in [5.41, 5.74) is 2.11. The van der Waals surface area contributed by atoms with E-state index >= 15 is 0 Å². The van der Waals surface area contributed by atoms with Crippen LogP contribution in [-0.4, -0.2) is 29.0 Å². The molecule has 1 aromatic rings. The molecule has 1 rings (SSSR count). The quantitative estimate of drug-likeness (QED) is 0.706. The minimum Gasteiger partial charge on any atom is -0.383 e. The fourth-order valence-corrected chi connectivity index (χ4v) is 1.07. The van der Waals surface area contributed by atoms with E-state index in [-0.39, 0.29) is 0 Å². The van der Waals surface area contributed by atoms with Crippen molar-refractivity contribution >= 4 is 5.57 Å². The lowest BCUT2D eigenvalue weighted by Crippen LogP contribution is -2.01. The molecular weight excluding hydrogens is 186 g/mol. The molecule has 0 fully saturated rings. The predicted molar refractivity (Wildman–Crippen MR) is 63.2 cm³/mol. The van der Waals surface area contributed by atoms with E-state index in [0.29, 0.717) is 0 Å². The van der Waals surface area contributed by atoms with Gasteiger partial charge in [-0.3, -0.25) is 0 Å². The Morgan fingerprint density at radius 2 is 1.87 bits per heavy atom. The highest BCUT2D eigenvalue weighted by molar-refractivity contribution is 5.68. The van der Waals surface area contributed by atoms with Crippen LogP contribution in [0.1, 0.15) is 18.3 Å². The molecular formula is C12H17N3. The van der Waals surface area contributed by atoms with E-state index < -0.39 is 0 Å². The van der Waals surface area contributed by atoms with Crippen LogP contribution in [0.25, 0.3) is 5.57 Å². The summed E-state index contributed by atoms with van der Waals surface area (Å²) in [7, 11) is 3.97. The molecule has 0 N–H and O–H groups in total. The highest BCUT2D eigenvalue weighted by Gasteiger charge is 1.99. The van der Waals surface area contributed by atoms with Gasteiger partial charge in [-0.05, 0) is 31.7 Å². The zero-order valence-corrected chi connectivity index (χ0v) is 9.73. The number of hydrogen-bond acceptors (Lipinski definition) is 3. The van der Waals surface area contributed by atoms with Gasteiger partial charge in [-0.1, -0.05) is 6.08 Å². The number of aryl methyl sites for hydroxylation is 1.